The Morgan fingerprint density at radius 3 is 2.53 bits per heavy atom. The van der Waals surface area contributed by atoms with E-state index in [2.05, 4.69) is 78.4 Å². The fourth-order valence-electron chi connectivity index (χ4n) is 2.54. The predicted molar refractivity (Wildman–Crippen MR) is 83.8 cm³/mol. The third-order valence-electron chi connectivity index (χ3n) is 3.55. The molecule has 3 rings (SSSR count). The van der Waals surface area contributed by atoms with Crippen molar-refractivity contribution in [2.75, 3.05) is 0 Å². The second kappa shape index (κ2) is 4.07. The van der Waals surface area contributed by atoms with Crippen LogP contribution in [0, 0.1) is 6.92 Å². The standard InChI is InChI=1S/C16H17BrN2/c1-10-14(17)18-15-12-8-6-5-7-11(12)9-13(19(10)15)16(2,3)4/h5-9H,1-4H3. The zero-order valence-corrected chi connectivity index (χ0v) is 13.2. The highest BCUT2D eigenvalue weighted by Gasteiger charge is 2.21. The van der Waals surface area contributed by atoms with Gasteiger partial charge in [-0.2, -0.15) is 0 Å². The molecule has 0 N–H and O–H groups in total. The first-order valence-corrected chi connectivity index (χ1v) is 7.25. The second-order valence-corrected chi connectivity index (χ2v) is 6.77. The molecule has 0 amide bonds. The summed E-state index contributed by atoms with van der Waals surface area (Å²) in [5, 5.41) is 2.45. The summed E-state index contributed by atoms with van der Waals surface area (Å²) in [6.07, 6.45) is 0. The van der Waals surface area contributed by atoms with E-state index in [0.29, 0.717) is 0 Å². The summed E-state index contributed by atoms with van der Waals surface area (Å²) in [7, 11) is 0. The summed E-state index contributed by atoms with van der Waals surface area (Å²) in [5.74, 6) is 0. The van der Waals surface area contributed by atoms with E-state index >= 15 is 0 Å². The Hall–Kier alpha value is -1.35. The van der Waals surface area contributed by atoms with Crippen LogP contribution < -0.4 is 0 Å². The van der Waals surface area contributed by atoms with Gasteiger partial charge in [-0.25, -0.2) is 4.98 Å². The molecular formula is C16H17BrN2. The number of aromatic nitrogens is 2. The SMILES string of the molecule is Cc1c(Br)nc2c3ccccc3cc(C(C)(C)C)n12. The van der Waals surface area contributed by atoms with Crippen LogP contribution in [0.3, 0.4) is 0 Å². The maximum absolute atomic E-state index is 4.69. The molecule has 0 spiro atoms. The van der Waals surface area contributed by atoms with Gasteiger partial charge in [0, 0.05) is 16.5 Å². The molecule has 0 atom stereocenters. The maximum atomic E-state index is 4.69. The Morgan fingerprint density at radius 1 is 1.16 bits per heavy atom. The number of rotatable bonds is 0. The molecule has 0 aliphatic heterocycles. The van der Waals surface area contributed by atoms with Gasteiger partial charge in [-0.1, -0.05) is 45.0 Å². The second-order valence-electron chi connectivity index (χ2n) is 6.01. The van der Waals surface area contributed by atoms with Gasteiger partial charge in [0.05, 0.1) is 5.69 Å². The van der Waals surface area contributed by atoms with Crippen LogP contribution in [0.25, 0.3) is 16.4 Å². The topological polar surface area (TPSA) is 17.3 Å². The Morgan fingerprint density at radius 2 is 1.84 bits per heavy atom. The molecule has 2 nitrogen and oxygen atoms in total. The average Bonchev–Trinajstić information content (AvgIpc) is 2.64. The number of pyridine rings is 1. The minimum Gasteiger partial charge on any atom is -0.299 e. The van der Waals surface area contributed by atoms with E-state index in [-0.39, 0.29) is 5.41 Å². The van der Waals surface area contributed by atoms with Gasteiger partial charge in [-0.05, 0) is 34.3 Å². The molecule has 3 heteroatoms. The van der Waals surface area contributed by atoms with Crippen molar-refractivity contribution in [3.63, 3.8) is 0 Å². The summed E-state index contributed by atoms with van der Waals surface area (Å²) < 4.78 is 3.20. The number of aryl methyl sites for hydroxylation is 1. The molecular weight excluding hydrogens is 300 g/mol. The minimum absolute atomic E-state index is 0.0766. The van der Waals surface area contributed by atoms with E-state index in [4.69, 9.17) is 4.98 Å². The smallest absolute Gasteiger partial charge is 0.146 e. The number of fused-ring (bicyclic) bond motifs is 3. The highest BCUT2D eigenvalue weighted by Crippen LogP contribution is 2.32. The van der Waals surface area contributed by atoms with Crippen molar-refractivity contribution in [1.82, 2.24) is 9.38 Å². The summed E-state index contributed by atoms with van der Waals surface area (Å²) in [6, 6.07) is 10.7. The molecule has 0 bridgehead atoms. The maximum Gasteiger partial charge on any atom is 0.146 e. The Bertz CT molecular complexity index is 779. The lowest BCUT2D eigenvalue weighted by molar-refractivity contribution is 0.560. The molecule has 0 saturated carbocycles. The molecule has 0 aliphatic carbocycles. The summed E-state index contributed by atoms with van der Waals surface area (Å²) in [5.41, 5.74) is 3.56. The van der Waals surface area contributed by atoms with E-state index in [9.17, 15) is 0 Å². The van der Waals surface area contributed by atoms with E-state index < -0.39 is 0 Å². The van der Waals surface area contributed by atoms with Gasteiger partial charge in [-0.15, -0.1) is 0 Å². The van der Waals surface area contributed by atoms with Crippen LogP contribution in [0.5, 0.6) is 0 Å². The average molecular weight is 317 g/mol. The Labute approximate surface area is 121 Å². The van der Waals surface area contributed by atoms with Gasteiger partial charge in [-0.3, -0.25) is 4.40 Å². The minimum atomic E-state index is 0.0766. The van der Waals surface area contributed by atoms with Gasteiger partial charge in [0.2, 0.25) is 0 Å². The van der Waals surface area contributed by atoms with Crippen LogP contribution in [0.2, 0.25) is 0 Å². The normalized spacial score (nSPS) is 12.5. The molecule has 0 radical (unpaired) electrons. The number of hydrogen-bond donors (Lipinski definition) is 0. The van der Waals surface area contributed by atoms with Gasteiger partial charge < -0.3 is 0 Å². The van der Waals surface area contributed by atoms with Crippen molar-refractivity contribution in [2.24, 2.45) is 0 Å². The predicted octanol–water partition coefficient (Wildman–Crippen LogP) is 4.86. The van der Waals surface area contributed by atoms with Crippen molar-refractivity contribution in [3.8, 4) is 0 Å². The molecule has 1 aromatic carbocycles. The molecule has 0 fully saturated rings. The highest BCUT2D eigenvalue weighted by molar-refractivity contribution is 9.10. The quantitative estimate of drug-likeness (QED) is 0.579. The monoisotopic (exact) mass is 316 g/mol. The van der Waals surface area contributed by atoms with Crippen LogP contribution in [0.15, 0.2) is 34.9 Å². The highest BCUT2D eigenvalue weighted by atomic mass is 79.9. The van der Waals surface area contributed by atoms with Crippen LogP contribution in [-0.2, 0) is 5.41 Å². The third-order valence-corrected chi connectivity index (χ3v) is 4.30. The third kappa shape index (κ3) is 1.88. The summed E-state index contributed by atoms with van der Waals surface area (Å²) >= 11 is 3.56. The molecule has 98 valence electrons. The van der Waals surface area contributed by atoms with Crippen LogP contribution in [-0.4, -0.2) is 9.38 Å². The first-order chi connectivity index (χ1) is 8.89. The zero-order chi connectivity index (χ0) is 13.8. The van der Waals surface area contributed by atoms with Crippen molar-refractivity contribution < 1.29 is 0 Å². The molecule has 0 aliphatic rings. The van der Waals surface area contributed by atoms with Gasteiger partial charge in [0.25, 0.3) is 0 Å². The largest absolute Gasteiger partial charge is 0.299 e. The lowest BCUT2D eigenvalue weighted by atomic mass is 9.90. The van der Waals surface area contributed by atoms with E-state index in [1.54, 1.807) is 0 Å². The number of imidazole rings is 1. The number of hydrogen-bond acceptors (Lipinski definition) is 1. The van der Waals surface area contributed by atoms with E-state index in [0.717, 1.165) is 15.9 Å². The van der Waals surface area contributed by atoms with Crippen LogP contribution >= 0.6 is 15.9 Å². The molecule has 0 saturated heterocycles. The first-order valence-electron chi connectivity index (χ1n) is 6.46. The Kier molecular flexibility index (Phi) is 2.72. The van der Waals surface area contributed by atoms with Crippen LogP contribution in [0.1, 0.15) is 32.2 Å². The van der Waals surface area contributed by atoms with Crippen molar-refractivity contribution in [2.45, 2.75) is 33.1 Å². The first kappa shape index (κ1) is 12.7. The lowest BCUT2D eigenvalue weighted by Gasteiger charge is -2.22. The van der Waals surface area contributed by atoms with E-state index in [1.807, 2.05) is 0 Å². The zero-order valence-electron chi connectivity index (χ0n) is 11.7. The fraction of sp³-hybridized carbons (Fsp3) is 0.312. The molecule has 0 unspecified atom stereocenters. The van der Waals surface area contributed by atoms with E-state index in [1.165, 1.54) is 16.5 Å². The Balaban J connectivity index is 2.59. The lowest BCUT2D eigenvalue weighted by Crippen LogP contribution is -2.17. The summed E-state index contributed by atoms with van der Waals surface area (Å²) in [6.45, 7) is 8.83. The molecule has 19 heavy (non-hydrogen) atoms. The van der Waals surface area contributed by atoms with Gasteiger partial charge in [0.15, 0.2) is 0 Å². The summed E-state index contributed by atoms with van der Waals surface area (Å²) in [4.78, 5) is 4.69. The number of benzene rings is 1. The molecule has 2 heterocycles. The van der Waals surface area contributed by atoms with Gasteiger partial charge in [0.1, 0.15) is 10.3 Å². The van der Waals surface area contributed by atoms with Crippen LogP contribution in [0.4, 0.5) is 0 Å². The number of nitrogens with zero attached hydrogens (tertiary/aromatic N) is 2. The van der Waals surface area contributed by atoms with Crippen molar-refractivity contribution in [1.29, 1.82) is 0 Å². The molecule has 2 aromatic heterocycles. The van der Waals surface area contributed by atoms with Crippen molar-refractivity contribution >= 4 is 32.3 Å². The fourth-order valence-corrected chi connectivity index (χ4v) is 2.89. The number of halogens is 1. The van der Waals surface area contributed by atoms with Gasteiger partial charge >= 0.3 is 0 Å². The van der Waals surface area contributed by atoms with Crippen molar-refractivity contribution in [3.05, 3.63) is 46.3 Å². The molecule has 3 aromatic rings.